The first-order chi connectivity index (χ1) is 13.5. The maximum Gasteiger partial charge on any atom is 0.250 e. The van der Waals surface area contributed by atoms with Crippen LogP contribution in [-0.2, 0) is 36.3 Å². The van der Waals surface area contributed by atoms with Crippen molar-refractivity contribution in [3.8, 4) is 11.1 Å². The van der Waals surface area contributed by atoms with Gasteiger partial charge < -0.3 is 20.6 Å². The first kappa shape index (κ1) is 17.7. The number of halogens is 1. The van der Waals surface area contributed by atoms with E-state index in [2.05, 4.69) is 16.4 Å². The zero-order chi connectivity index (χ0) is 19.4. The van der Waals surface area contributed by atoms with Gasteiger partial charge in [-0.05, 0) is 46.9 Å². The predicted molar refractivity (Wildman–Crippen MR) is 108 cm³/mol. The van der Waals surface area contributed by atoms with Crippen molar-refractivity contribution in [2.45, 2.75) is 25.1 Å². The molecule has 2 aromatic carbocycles. The maximum atomic E-state index is 15.4. The fourth-order valence-electron chi connectivity index (χ4n) is 4.50. The number of aromatic nitrogens is 1. The van der Waals surface area contributed by atoms with Gasteiger partial charge in [0.2, 0.25) is 0 Å². The molecule has 0 bridgehead atoms. The van der Waals surface area contributed by atoms with E-state index in [-0.39, 0.29) is 5.56 Å². The van der Waals surface area contributed by atoms with Crippen molar-refractivity contribution in [3.05, 3.63) is 58.0 Å². The first-order valence-corrected chi connectivity index (χ1v) is 10.9. The van der Waals surface area contributed by atoms with Crippen LogP contribution in [0.5, 0.6) is 0 Å². The van der Waals surface area contributed by atoms with Gasteiger partial charge in [-0.15, -0.1) is 0 Å². The number of aromatic amines is 1. The molecule has 0 spiro atoms. The molecule has 0 saturated carbocycles. The first-order valence-electron chi connectivity index (χ1n) is 9.37. The van der Waals surface area contributed by atoms with E-state index in [0.29, 0.717) is 34.4 Å². The summed E-state index contributed by atoms with van der Waals surface area (Å²) in [6.45, 7) is 1.59. The fourth-order valence-corrected chi connectivity index (χ4v) is 5.72. The van der Waals surface area contributed by atoms with Crippen LogP contribution in [0.1, 0.15) is 32.7 Å². The summed E-state index contributed by atoms with van der Waals surface area (Å²) in [6, 6.07) is 7.16. The van der Waals surface area contributed by atoms with E-state index in [0.717, 1.165) is 47.5 Å². The highest BCUT2D eigenvalue weighted by Gasteiger charge is 2.30. The predicted octanol–water partition coefficient (Wildman–Crippen LogP) is 2.52. The number of nitrogens with two attached hydrogens (primary N) is 1. The lowest BCUT2D eigenvalue weighted by atomic mass is 9.88. The number of nitrogens with one attached hydrogen (secondary N) is 2. The number of amides is 1. The smallest absolute Gasteiger partial charge is 0.250 e. The largest absolute Gasteiger partial charge is 0.616 e. The topological polar surface area (TPSA) is 94.0 Å². The van der Waals surface area contributed by atoms with Gasteiger partial charge in [0.25, 0.3) is 5.91 Å². The van der Waals surface area contributed by atoms with Gasteiger partial charge in [0, 0.05) is 35.2 Å². The Morgan fingerprint density at radius 3 is 2.93 bits per heavy atom. The average molecular weight is 397 g/mol. The number of carbonyl (C=O) groups is 1. The van der Waals surface area contributed by atoms with Gasteiger partial charge in [-0.25, -0.2) is 4.39 Å². The highest BCUT2D eigenvalue weighted by Crippen LogP contribution is 2.41. The molecule has 5 nitrogen and oxygen atoms in total. The molecule has 7 heteroatoms. The monoisotopic (exact) mass is 397 g/mol. The number of fused-ring (bicyclic) bond motifs is 4. The number of primary amides is 1. The summed E-state index contributed by atoms with van der Waals surface area (Å²) in [4.78, 5) is 15.3. The van der Waals surface area contributed by atoms with Crippen LogP contribution in [0.25, 0.3) is 22.0 Å². The van der Waals surface area contributed by atoms with E-state index in [4.69, 9.17) is 5.73 Å². The number of carbonyl (C=O) groups excluding carboxylic acids is 1. The van der Waals surface area contributed by atoms with Crippen molar-refractivity contribution in [2.75, 3.05) is 12.3 Å². The van der Waals surface area contributed by atoms with Crippen LogP contribution in [0.4, 0.5) is 4.39 Å². The van der Waals surface area contributed by atoms with Gasteiger partial charge >= 0.3 is 0 Å². The van der Waals surface area contributed by atoms with Crippen LogP contribution in [0.3, 0.4) is 0 Å². The van der Waals surface area contributed by atoms with Crippen molar-refractivity contribution >= 4 is 28.0 Å². The standard InChI is InChI=1S/C21H20FN3O2S/c22-16-8-14(21(23)26)20-19(15-10-28(27)7-5-17(15)25-20)18(16)13-3-1-2-11-9-24-6-4-12(11)13/h1-3,8,24-25H,4-7,9-10H2,(H2,23,26). The van der Waals surface area contributed by atoms with E-state index < -0.39 is 22.9 Å². The SMILES string of the molecule is NC(=O)c1cc(F)c(-c2cccc3c2CCNC3)c2c3c([nH]c12)CC[S+]([O-])C3. The minimum Gasteiger partial charge on any atom is -0.616 e. The quantitative estimate of drug-likeness (QED) is 0.580. The zero-order valence-electron chi connectivity index (χ0n) is 15.2. The van der Waals surface area contributed by atoms with Crippen LogP contribution in [0.2, 0.25) is 0 Å². The molecule has 3 heterocycles. The normalized spacial score (nSPS) is 18.7. The summed E-state index contributed by atoms with van der Waals surface area (Å²) in [5.74, 6) is -0.211. The maximum absolute atomic E-state index is 15.4. The molecular formula is C21H20FN3O2S. The van der Waals surface area contributed by atoms with Crippen LogP contribution in [-0.4, -0.2) is 27.7 Å². The Morgan fingerprint density at radius 1 is 1.25 bits per heavy atom. The molecule has 2 aliphatic rings. The van der Waals surface area contributed by atoms with Crippen molar-refractivity contribution in [3.63, 3.8) is 0 Å². The van der Waals surface area contributed by atoms with Gasteiger partial charge in [0.05, 0.1) is 11.1 Å². The Labute approximate surface area is 164 Å². The van der Waals surface area contributed by atoms with Gasteiger partial charge in [-0.3, -0.25) is 4.79 Å². The Balaban J connectivity index is 1.88. The number of hydrogen-bond acceptors (Lipinski definition) is 3. The second kappa shape index (κ2) is 6.62. The van der Waals surface area contributed by atoms with Crippen LogP contribution in [0.15, 0.2) is 24.3 Å². The van der Waals surface area contributed by atoms with Crippen LogP contribution < -0.4 is 11.1 Å². The van der Waals surface area contributed by atoms with Gasteiger partial charge in [0.15, 0.2) is 0 Å². The van der Waals surface area contributed by atoms with Crippen molar-refractivity contribution in [1.82, 2.24) is 10.3 Å². The number of benzene rings is 2. The summed E-state index contributed by atoms with van der Waals surface area (Å²) < 4.78 is 27.7. The van der Waals surface area contributed by atoms with Gasteiger partial charge in [-0.2, -0.15) is 0 Å². The molecule has 1 unspecified atom stereocenters. The van der Waals surface area contributed by atoms with Gasteiger partial charge in [-0.1, -0.05) is 18.2 Å². The average Bonchev–Trinajstić information content (AvgIpc) is 3.05. The van der Waals surface area contributed by atoms with Gasteiger partial charge in [0.1, 0.15) is 17.3 Å². The summed E-state index contributed by atoms with van der Waals surface area (Å²) in [5, 5.41) is 4.00. The minimum absolute atomic E-state index is 0.142. The molecule has 0 aliphatic carbocycles. The van der Waals surface area contributed by atoms with E-state index in [1.807, 2.05) is 12.1 Å². The molecule has 4 N–H and O–H groups in total. The number of H-pyrrole nitrogens is 1. The Hall–Kier alpha value is -2.35. The Kier molecular flexibility index (Phi) is 4.19. The van der Waals surface area contributed by atoms with E-state index in [1.165, 1.54) is 6.07 Å². The third-order valence-corrected chi connectivity index (χ3v) is 7.05. The molecule has 0 radical (unpaired) electrons. The van der Waals surface area contributed by atoms with Crippen LogP contribution >= 0.6 is 0 Å². The molecule has 144 valence electrons. The molecule has 28 heavy (non-hydrogen) atoms. The summed E-state index contributed by atoms with van der Waals surface area (Å²) >= 11 is -0.995. The fraction of sp³-hybridized carbons (Fsp3) is 0.286. The van der Waals surface area contributed by atoms with E-state index >= 15 is 4.39 Å². The second-order valence-electron chi connectivity index (χ2n) is 7.39. The molecule has 1 aromatic heterocycles. The molecule has 0 fully saturated rings. The lowest BCUT2D eigenvalue weighted by molar-refractivity contribution is 0.100. The van der Waals surface area contributed by atoms with Crippen molar-refractivity contribution in [1.29, 1.82) is 0 Å². The number of rotatable bonds is 2. The Morgan fingerprint density at radius 2 is 2.11 bits per heavy atom. The molecule has 1 amide bonds. The van der Waals surface area contributed by atoms with E-state index in [9.17, 15) is 9.35 Å². The summed E-state index contributed by atoms with van der Waals surface area (Å²) in [7, 11) is 0. The zero-order valence-corrected chi connectivity index (χ0v) is 16.0. The van der Waals surface area contributed by atoms with Crippen molar-refractivity contribution in [2.24, 2.45) is 5.73 Å². The molecular weight excluding hydrogens is 377 g/mol. The molecule has 0 saturated heterocycles. The number of hydrogen-bond donors (Lipinski definition) is 3. The third kappa shape index (κ3) is 2.65. The summed E-state index contributed by atoms with van der Waals surface area (Å²) in [6.07, 6.45) is 1.43. The second-order valence-corrected chi connectivity index (χ2v) is 8.96. The third-order valence-electron chi connectivity index (χ3n) is 5.78. The molecule has 3 aromatic rings. The Bertz CT molecular complexity index is 1120. The van der Waals surface area contributed by atoms with Crippen molar-refractivity contribution < 1.29 is 13.7 Å². The van der Waals surface area contributed by atoms with E-state index in [1.54, 1.807) is 0 Å². The van der Waals surface area contributed by atoms with Crippen LogP contribution in [0, 0.1) is 5.82 Å². The molecule has 1 atom stereocenters. The highest BCUT2D eigenvalue weighted by atomic mass is 32.2. The minimum atomic E-state index is -0.995. The lowest BCUT2D eigenvalue weighted by Crippen LogP contribution is -2.24. The molecule has 5 rings (SSSR count). The highest BCUT2D eigenvalue weighted by molar-refractivity contribution is 7.90. The lowest BCUT2D eigenvalue weighted by Gasteiger charge is -2.22. The summed E-state index contributed by atoms with van der Waals surface area (Å²) in [5.41, 5.74) is 11.6. The number of aryl methyl sites for hydroxylation is 1. The molecule has 2 aliphatic heterocycles.